The van der Waals surface area contributed by atoms with Gasteiger partial charge in [-0.2, -0.15) is 5.10 Å². The third kappa shape index (κ3) is 2.78. The number of aryl methyl sites for hydroxylation is 1. The molecule has 0 spiro atoms. The summed E-state index contributed by atoms with van der Waals surface area (Å²) < 4.78 is 7.73. The quantitative estimate of drug-likeness (QED) is 0.862. The highest BCUT2D eigenvalue weighted by atomic mass is 16.5. The minimum atomic E-state index is 0.126. The van der Waals surface area contributed by atoms with E-state index in [0.717, 1.165) is 30.8 Å². The van der Waals surface area contributed by atoms with Crippen LogP contribution in [0.4, 0.5) is 0 Å². The van der Waals surface area contributed by atoms with E-state index in [1.165, 1.54) is 12.8 Å². The number of carbonyl (C=O) groups is 1. The number of hydrogen-bond acceptors (Lipinski definition) is 3. The lowest BCUT2D eigenvalue weighted by molar-refractivity contribution is -0.0755. The molecule has 1 aliphatic heterocycles. The summed E-state index contributed by atoms with van der Waals surface area (Å²) in [6.45, 7) is 8.35. The highest BCUT2D eigenvalue weighted by Gasteiger charge is 2.37. The Kier molecular flexibility index (Phi) is 4.52. The molecule has 1 saturated heterocycles. The Hall–Kier alpha value is -1.36. The van der Waals surface area contributed by atoms with Gasteiger partial charge in [0.25, 0.3) is 5.91 Å². The summed E-state index contributed by atoms with van der Waals surface area (Å²) >= 11 is 0. The van der Waals surface area contributed by atoms with E-state index < -0.39 is 0 Å². The Morgan fingerprint density at radius 1 is 1.41 bits per heavy atom. The Morgan fingerprint density at radius 3 is 2.91 bits per heavy atom. The maximum atomic E-state index is 13.1. The number of carbonyl (C=O) groups excluding carboxylic acids is 1. The van der Waals surface area contributed by atoms with E-state index in [0.29, 0.717) is 19.1 Å². The van der Waals surface area contributed by atoms with Crippen LogP contribution in [-0.2, 0) is 11.3 Å². The van der Waals surface area contributed by atoms with Crippen molar-refractivity contribution in [1.29, 1.82) is 0 Å². The maximum absolute atomic E-state index is 13.1. The Labute approximate surface area is 132 Å². The minimum absolute atomic E-state index is 0.126. The van der Waals surface area contributed by atoms with Crippen LogP contribution in [-0.4, -0.2) is 45.9 Å². The molecule has 1 aromatic heterocycles. The standard InChI is InChI=1S/C17H27N3O2/c1-4-20-15(11-13(18-20)12(2)3)17(21)19-9-10-22-16-8-6-5-7-14(16)19/h11-12,14,16H,4-10H2,1-3H3/t14-,16-/m1/s1. The molecule has 0 N–H and O–H groups in total. The van der Waals surface area contributed by atoms with Crippen LogP contribution in [0.3, 0.4) is 0 Å². The lowest BCUT2D eigenvalue weighted by Crippen LogP contribution is -2.55. The van der Waals surface area contributed by atoms with Crippen LogP contribution in [0.1, 0.15) is 68.6 Å². The fourth-order valence-corrected chi connectivity index (χ4v) is 3.63. The predicted octanol–water partition coefficient (Wildman–Crippen LogP) is 2.81. The third-order valence-corrected chi connectivity index (χ3v) is 4.90. The number of nitrogens with zero attached hydrogens (tertiary/aromatic N) is 3. The number of rotatable bonds is 3. The fraction of sp³-hybridized carbons (Fsp3) is 0.765. The molecule has 22 heavy (non-hydrogen) atoms. The topological polar surface area (TPSA) is 47.4 Å². The first-order chi connectivity index (χ1) is 10.6. The third-order valence-electron chi connectivity index (χ3n) is 4.90. The zero-order valence-electron chi connectivity index (χ0n) is 13.9. The molecule has 2 aliphatic rings. The van der Waals surface area contributed by atoms with E-state index in [9.17, 15) is 4.79 Å². The van der Waals surface area contributed by atoms with Crippen molar-refractivity contribution in [3.05, 3.63) is 17.5 Å². The van der Waals surface area contributed by atoms with Crippen LogP contribution < -0.4 is 0 Å². The first kappa shape index (κ1) is 15.5. The molecule has 5 nitrogen and oxygen atoms in total. The molecule has 2 fully saturated rings. The number of amides is 1. The highest BCUT2D eigenvalue weighted by Crippen LogP contribution is 2.29. The van der Waals surface area contributed by atoms with E-state index >= 15 is 0 Å². The average molecular weight is 305 g/mol. The average Bonchev–Trinajstić information content (AvgIpc) is 2.98. The summed E-state index contributed by atoms with van der Waals surface area (Å²) in [7, 11) is 0. The summed E-state index contributed by atoms with van der Waals surface area (Å²) in [4.78, 5) is 15.1. The summed E-state index contributed by atoms with van der Waals surface area (Å²) in [6.07, 6.45) is 4.78. The van der Waals surface area contributed by atoms with Crippen molar-refractivity contribution in [1.82, 2.24) is 14.7 Å². The largest absolute Gasteiger partial charge is 0.374 e. The van der Waals surface area contributed by atoms with Crippen LogP contribution in [0, 0.1) is 0 Å². The van der Waals surface area contributed by atoms with Gasteiger partial charge in [-0.3, -0.25) is 9.48 Å². The van der Waals surface area contributed by atoms with E-state index in [1.54, 1.807) is 0 Å². The smallest absolute Gasteiger partial charge is 0.272 e. The fourth-order valence-electron chi connectivity index (χ4n) is 3.63. The molecule has 0 unspecified atom stereocenters. The molecule has 1 aliphatic carbocycles. The molecule has 0 bridgehead atoms. The monoisotopic (exact) mass is 305 g/mol. The minimum Gasteiger partial charge on any atom is -0.374 e. The number of ether oxygens (including phenoxy) is 1. The van der Waals surface area contributed by atoms with Gasteiger partial charge < -0.3 is 9.64 Å². The Bertz CT molecular complexity index is 536. The number of aromatic nitrogens is 2. The Balaban J connectivity index is 1.86. The predicted molar refractivity (Wildman–Crippen MR) is 85.0 cm³/mol. The van der Waals surface area contributed by atoms with Gasteiger partial charge in [-0.1, -0.05) is 26.7 Å². The number of hydrogen-bond donors (Lipinski definition) is 0. The molecule has 1 saturated carbocycles. The molecule has 2 atom stereocenters. The van der Waals surface area contributed by atoms with E-state index in [1.807, 2.05) is 22.6 Å². The number of fused-ring (bicyclic) bond motifs is 1. The van der Waals surface area contributed by atoms with E-state index in [-0.39, 0.29) is 18.1 Å². The van der Waals surface area contributed by atoms with Crippen molar-refractivity contribution in [3.8, 4) is 0 Å². The van der Waals surface area contributed by atoms with Crippen molar-refractivity contribution >= 4 is 5.91 Å². The molecular formula is C17H27N3O2. The summed E-state index contributed by atoms with van der Waals surface area (Å²) in [5.41, 5.74) is 1.73. The first-order valence-electron chi connectivity index (χ1n) is 8.62. The lowest BCUT2D eigenvalue weighted by atomic mass is 9.90. The van der Waals surface area contributed by atoms with Gasteiger partial charge >= 0.3 is 0 Å². The van der Waals surface area contributed by atoms with Crippen LogP contribution in [0.2, 0.25) is 0 Å². The molecule has 1 amide bonds. The summed E-state index contributed by atoms with van der Waals surface area (Å²) in [6, 6.07) is 2.22. The van der Waals surface area contributed by atoms with Crippen molar-refractivity contribution in [2.75, 3.05) is 13.2 Å². The summed E-state index contributed by atoms with van der Waals surface area (Å²) in [5.74, 6) is 0.466. The van der Waals surface area contributed by atoms with Crippen molar-refractivity contribution in [2.45, 2.75) is 71.1 Å². The first-order valence-corrected chi connectivity index (χ1v) is 8.62. The summed E-state index contributed by atoms with van der Waals surface area (Å²) in [5, 5.41) is 4.59. The van der Waals surface area contributed by atoms with Gasteiger partial charge in [-0.05, 0) is 31.7 Å². The van der Waals surface area contributed by atoms with Gasteiger partial charge in [0.15, 0.2) is 0 Å². The van der Waals surface area contributed by atoms with Crippen LogP contribution in [0.15, 0.2) is 6.07 Å². The van der Waals surface area contributed by atoms with Gasteiger partial charge in [-0.15, -0.1) is 0 Å². The van der Waals surface area contributed by atoms with Crippen LogP contribution >= 0.6 is 0 Å². The van der Waals surface area contributed by atoms with Crippen molar-refractivity contribution in [3.63, 3.8) is 0 Å². The second-order valence-electron chi connectivity index (χ2n) is 6.68. The lowest BCUT2D eigenvalue weighted by Gasteiger charge is -2.43. The second-order valence-corrected chi connectivity index (χ2v) is 6.68. The van der Waals surface area contributed by atoms with Gasteiger partial charge in [0, 0.05) is 13.1 Å². The molecule has 3 rings (SSSR count). The molecule has 0 aromatic carbocycles. The molecular weight excluding hydrogens is 278 g/mol. The molecule has 5 heteroatoms. The van der Waals surface area contributed by atoms with Crippen LogP contribution in [0.25, 0.3) is 0 Å². The normalized spacial score (nSPS) is 25.4. The van der Waals surface area contributed by atoms with Gasteiger partial charge in [0.1, 0.15) is 5.69 Å². The number of morpholine rings is 1. The molecule has 0 radical (unpaired) electrons. The SMILES string of the molecule is CCn1nc(C(C)C)cc1C(=O)N1CCO[C@@H]2CCCC[C@H]21. The highest BCUT2D eigenvalue weighted by molar-refractivity contribution is 5.93. The van der Waals surface area contributed by atoms with Gasteiger partial charge in [0.05, 0.1) is 24.4 Å². The van der Waals surface area contributed by atoms with Crippen LogP contribution in [0.5, 0.6) is 0 Å². The van der Waals surface area contributed by atoms with Gasteiger partial charge in [0.2, 0.25) is 0 Å². The molecule has 1 aromatic rings. The zero-order chi connectivity index (χ0) is 15.7. The van der Waals surface area contributed by atoms with E-state index in [4.69, 9.17) is 4.74 Å². The maximum Gasteiger partial charge on any atom is 0.272 e. The molecule has 2 heterocycles. The second kappa shape index (κ2) is 6.41. The zero-order valence-corrected chi connectivity index (χ0v) is 13.9. The van der Waals surface area contributed by atoms with Gasteiger partial charge in [-0.25, -0.2) is 0 Å². The molecule has 122 valence electrons. The Morgan fingerprint density at radius 2 is 2.18 bits per heavy atom. The van der Waals surface area contributed by atoms with Crippen molar-refractivity contribution < 1.29 is 9.53 Å². The van der Waals surface area contributed by atoms with E-state index in [2.05, 4.69) is 18.9 Å². The van der Waals surface area contributed by atoms with Crippen molar-refractivity contribution in [2.24, 2.45) is 0 Å².